The lowest BCUT2D eigenvalue weighted by Gasteiger charge is -2.23. The van der Waals surface area contributed by atoms with E-state index in [1.54, 1.807) is 20.9 Å². The number of hydrogen-bond donors (Lipinski definition) is 2. The van der Waals surface area contributed by atoms with Crippen LogP contribution in [0, 0.1) is 17.0 Å². The molecule has 0 radical (unpaired) electrons. The molecule has 1 unspecified atom stereocenters. The van der Waals surface area contributed by atoms with Gasteiger partial charge in [-0.05, 0) is 33.1 Å². The van der Waals surface area contributed by atoms with Crippen LogP contribution < -0.4 is 10.2 Å². The minimum atomic E-state index is -0.725. The Morgan fingerprint density at radius 2 is 2.10 bits per heavy atom. The molecule has 1 atom stereocenters. The molecule has 0 bridgehead atoms. The number of anilines is 2. The predicted octanol–water partition coefficient (Wildman–Crippen LogP) is 1.48. The molecule has 1 aliphatic heterocycles. The van der Waals surface area contributed by atoms with Gasteiger partial charge in [-0.1, -0.05) is 0 Å². The molecule has 1 aromatic heterocycles. The van der Waals surface area contributed by atoms with Crippen molar-refractivity contribution in [2.75, 3.05) is 30.4 Å². The van der Waals surface area contributed by atoms with E-state index in [2.05, 4.69) is 15.3 Å². The lowest BCUT2D eigenvalue weighted by atomic mass is 9.98. The van der Waals surface area contributed by atoms with Crippen molar-refractivity contribution >= 4 is 17.5 Å². The molecule has 1 aromatic rings. The molecule has 0 aliphatic carbocycles. The largest absolute Gasteiger partial charge is 0.390 e. The van der Waals surface area contributed by atoms with Crippen LogP contribution in [0.2, 0.25) is 0 Å². The van der Waals surface area contributed by atoms with Gasteiger partial charge in [0.05, 0.1) is 10.5 Å². The van der Waals surface area contributed by atoms with Gasteiger partial charge in [-0.2, -0.15) is 4.98 Å². The average Bonchev–Trinajstić information content (AvgIpc) is 2.58. The summed E-state index contributed by atoms with van der Waals surface area (Å²) in [4.78, 5) is 21.1. The zero-order valence-electron chi connectivity index (χ0n) is 12.6. The summed E-state index contributed by atoms with van der Waals surface area (Å²) in [6.07, 6.45) is 2.00. The molecule has 0 aromatic carbocycles. The summed E-state index contributed by atoms with van der Waals surface area (Å²) in [6.45, 7) is 4.58. The van der Waals surface area contributed by atoms with Crippen LogP contribution in [-0.4, -0.2) is 45.7 Å². The van der Waals surface area contributed by atoms with Crippen LogP contribution in [0.3, 0.4) is 0 Å². The summed E-state index contributed by atoms with van der Waals surface area (Å²) >= 11 is 0. The SMILES string of the molecule is CNc1nc(C)c([N+](=O)[O-])c(N2CCCC(C)(O)CC2)n1. The summed E-state index contributed by atoms with van der Waals surface area (Å²) in [6, 6.07) is 0. The van der Waals surface area contributed by atoms with E-state index in [4.69, 9.17) is 0 Å². The first-order chi connectivity index (χ1) is 9.84. The van der Waals surface area contributed by atoms with E-state index in [9.17, 15) is 15.2 Å². The number of nitrogens with zero attached hydrogens (tertiary/aromatic N) is 4. The van der Waals surface area contributed by atoms with Crippen LogP contribution in [0.25, 0.3) is 0 Å². The van der Waals surface area contributed by atoms with Crippen LogP contribution in [0.15, 0.2) is 0 Å². The van der Waals surface area contributed by atoms with Crippen molar-refractivity contribution in [3.63, 3.8) is 0 Å². The first-order valence-corrected chi connectivity index (χ1v) is 7.02. The number of aliphatic hydroxyl groups is 1. The molecule has 2 rings (SSSR count). The predicted molar refractivity (Wildman–Crippen MR) is 79.7 cm³/mol. The van der Waals surface area contributed by atoms with Gasteiger partial charge < -0.3 is 15.3 Å². The average molecular weight is 295 g/mol. The van der Waals surface area contributed by atoms with Gasteiger partial charge in [0.2, 0.25) is 11.8 Å². The van der Waals surface area contributed by atoms with Crippen molar-refractivity contribution in [1.29, 1.82) is 0 Å². The van der Waals surface area contributed by atoms with Crippen molar-refractivity contribution in [3.8, 4) is 0 Å². The minimum Gasteiger partial charge on any atom is -0.390 e. The fraction of sp³-hybridized carbons (Fsp3) is 0.692. The van der Waals surface area contributed by atoms with Crippen molar-refractivity contribution in [2.45, 2.75) is 38.7 Å². The Kier molecular flexibility index (Phi) is 4.26. The maximum absolute atomic E-state index is 11.3. The number of aromatic nitrogens is 2. The molecule has 2 heterocycles. The van der Waals surface area contributed by atoms with E-state index in [1.165, 1.54) is 0 Å². The summed E-state index contributed by atoms with van der Waals surface area (Å²) in [7, 11) is 1.68. The highest BCUT2D eigenvalue weighted by Gasteiger charge is 2.30. The zero-order chi connectivity index (χ0) is 15.6. The normalized spacial score (nSPS) is 22.8. The molecule has 8 nitrogen and oxygen atoms in total. The Bertz CT molecular complexity index is 547. The van der Waals surface area contributed by atoms with Crippen LogP contribution in [-0.2, 0) is 0 Å². The van der Waals surface area contributed by atoms with Gasteiger partial charge in [0, 0.05) is 20.1 Å². The Morgan fingerprint density at radius 3 is 2.71 bits per heavy atom. The van der Waals surface area contributed by atoms with E-state index in [-0.39, 0.29) is 5.69 Å². The van der Waals surface area contributed by atoms with Gasteiger partial charge in [0.1, 0.15) is 5.69 Å². The van der Waals surface area contributed by atoms with E-state index in [0.717, 1.165) is 6.42 Å². The number of aryl methyl sites for hydroxylation is 1. The molecule has 116 valence electrons. The van der Waals surface area contributed by atoms with Gasteiger partial charge in [-0.25, -0.2) is 4.98 Å². The maximum atomic E-state index is 11.3. The van der Waals surface area contributed by atoms with Gasteiger partial charge in [-0.15, -0.1) is 0 Å². The fourth-order valence-corrected chi connectivity index (χ4v) is 2.57. The Hall–Kier alpha value is -1.96. The van der Waals surface area contributed by atoms with Crippen molar-refractivity contribution in [2.24, 2.45) is 0 Å². The molecule has 0 saturated carbocycles. The smallest absolute Gasteiger partial charge is 0.332 e. The van der Waals surface area contributed by atoms with Crippen LogP contribution in [0.5, 0.6) is 0 Å². The third-order valence-electron chi connectivity index (χ3n) is 3.81. The first kappa shape index (κ1) is 15.4. The molecule has 21 heavy (non-hydrogen) atoms. The highest BCUT2D eigenvalue weighted by molar-refractivity contribution is 5.62. The van der Waals surface area contributed by atoms with Crippen LogP contribution >= 0.6 is 0 Å². The van der Waals surface area contributed by atoms with Crippen LogP contribution in [0.1, 0.15) is 31.9 Å². The van der Waals surface area contributed by atoms with Gasteiger partial charge in [-0.3, -0.25) is 10.1 Å². The summed E-state index contributed by atoms with van der Waals surface area (Å²) in [5.74, 6) is 0.693. The number of nitrogens with one attached hydrogen (secondary N) is 1. The topological polar surface area (TPSA) is 104 Å². The third kappa shape index (κ3) is 3.38. The van der Waals surface area contributed by atoms with Crippen molar-refractivity contribution in [1.82, 2.24) is 9.97 Å². The summed E-state index contributed by atoms with van der Waals surface area (Å²) < 4.78 is 0. The van der Waals surface area contributed by atoms with Gasteiger partial charge in [0.15, 0.2) is 0 Å². The molecule has 2 N–H and O–H groups in total. The number of nitro groups is 1. The highest BCUT2D eigenvalue weighted by atomic mass is 16.6. The Labute approximate surface area is 123 Å². The molecule has 8 heteroatoms. The van der Waals surface area contributed by atoms with E-state index >= 15 is 0 Å². The number of rotatable bonds is 3. The highest BCUT2D eigenvalue weighted by Crippen LogP contribution is 2.32. The molecule has 0 amide bonds. The fourth-order valence-electron chi connectivity index (χ4n) is 2.57. The Morgan fingerprint density at radius 1 is 1.38 bits per heavy atom. The number of hydrogen-bond acceptors (Lipinski definition) is 7. The Balaban J connectivity index is 2.41. The molecule has 1 aliphatic rings. The zero-order valence-corrected chi connectivity index (χ0v) is 12.6. The van der Waals surface area contributed by atoms with Crippen molar-refractivity contribution in [3.05, 3.63) is 15.8 Å². The second-order valence-electron chi connectivity index (χ2n) is 5.65. The summed E-state index contributed by atoms with van der Waals surface area (Å²) in [5.41, 5.74) is -0.446. The van der Waals surface area contributed by atoms with Gasteiger partial charge in [0.25, 0.3) is 0 Å². The molecule has 1 fully saturated rings. The lowest BCUT2D eigenvalue weighted by molar-refractivity contribution is -0.385. The molecular weight excluding hydrogens is 274 g/mol. The monoisotopic (exact) mass is 295 g/mol. The van der Waals surface area contributed by atoms with E-state index in [0.29, 0.717) is 43.4 Å². The van der Waals surface area contributed by atoms with Gasteiger partial charge >= 0.3 is 5.69 Å². The molecular formula is C13H21N5O3. The van der Waals surface area contributed by atoms with E-state index in [1.807, 2.05) is 4.90 Å². The summed E-state index contributed by atoms with van der Waals surface area (Å²) in [5, 5.41) is 24.3. The maximum Gasteiger partial charge on any atom is 0.332 e. The lowest BCUT2D eigenvalue weighted by Crippen LogP contribution is -2.29. The second-order valence-corrected chi connectivity index (χ2v) is 5.65. The molecule has 0 spiro atoms. The van der Waals surface area contributed by atoms with Crippen molar-refractivity contribution < 1.29 is 10.0 Å². The quantitative estimate of drug-likeness (QED) is 0.642. The molecule has 1 saturated heterocycles. The first-order valence-electron chi connectivity index (χ1n) is 7.02. The minimum absolute atomic E-state index is 0.0597. The van der Waals surface area contributed by atoms with E-state index < -0.39 is 10.5 Å². The second kappa shape index (κ2) is 5.80. The van der Waals surface area contributed by atoms with Crippen LogP contribution in [0.4, 0.5) is 17.5 Å². The third-order valence-corrected chi connectivity index (χ3v) is 3.81. The standard InChI is InChI=1S/C13H21N5O3/c1-9-10(18(20)21)11(16-12(14-3)15-9)17-7-4-5-13(2,19)6-8-17/h19H,4-8H2,1-3H3,(H,14,15,16).